The largest absolute Gasteiger partial charge is 0.378 e. The lowest BCUT2D eigenvalue weighted by atomic mass is 10.1. The van der Waals surface area contributed by atoms with E-state index in [4.69, 9.17) is 4.74 Å². The van der Waals surface area contributed by atoms with Crippen molar-refractivity contribution >= 4 is 10.2 Å². The van der Waals surface area contributed by atoms with Gasteiger partial charge >= 0.3 is 0 Å². The standard InChI is InChI=1S/C15H23FN2O3S/c1-12(6-7-14-4-3-5-15(16)10-14)17-22(19,20)18-8-9-21-11-13(18)2/h3-5,10,12-13,17H,6-9,11H2,1-2H3/t12-,13+/m1/s1. The summed E-state index contributed by atoms with van der Waals surface area (Å²) in [5.74, 6) is -0.270. The average molecular weight is 330 g/mol. The van der Waals surface area contributed by atoms with Crippen molar-refractivity contribution in [2.45, 2.75) is 38.8 Å². The molecule has 1 aliphatic heterocycles. The van der Waals surface area contributed by atoms with Gasteiger partial charge < -0.3 is 4.74 Å². The molecule has 22 heavy (non-hydrogen) atoms. The van der Waals surface area contributed by atoms with E-state index >= 15 is 0 Å². The van der Waals surface area contributed by atoms with E-state index in [1.165, 1.54) is 16.4 Å². The van der Waals surface area contributed by atoms with Crippen LogP contribution in [-0.4, -0.2) is 44.6 Å². The first-order valence-corrected chi connectivity index (χ1v) is 8.94. The Hall–Kier alpha value is -1.02. The number of halogens is 1. The second kappa shape index (κ2) is 7.50. The van der Waals surface area contributed by atoms with Gasteiger partial charge in [-0.05, 0) is 44.4 Å². The molecule has 0 aromatic heterocycles. The van der Waals surface area contributed by atoms with Crippen LogP contribution in [0, 0.1) is 5.82 Å². The molecule has 0 saturated carbocycles. The quantitative estimate of drug-likeness (QED) is 0.864. The molecule has 0 bridgehead atoms. The minimum atomic E-state index is -3.52. The molecule has 1 aliphatic rings. The maximum atomic E-state index is 13.1. The third-order valence-electron chi connectivity index (χ3n) is 3.72. The Labute approximate surface area is 131 Å². The predicted octanol–water partition coefficient (Wildman–Crippen LogP) is 1.70. The predicted molar refractivity (Wildman–Crippen MR) is 83.2 cm³/mol. The first kappa shape index (κ1) is 17.3. The van der Waals surface area contributed by atoms with Crippen molar-refractivity contribution < 1.29 is 17.5 Å². The Morgan fingerprint density at radius 2 is 2.27 bits per heavy atom. The zero-order valence-corrected chi connectivity index (χ0v) is 13.8. The Morgan fingerprint density at radius 3 is 2.95 bits per heavy atom. The summed E-state index contributed by atoms with van der Waals surface area (Å²) >= 11 is 0. The Bertz CT molecular complexity index is 594. The summed E-state index contributed by atoms with van der Waals surface area (Å²) in [7, 11) is -3.52. The van der Waals surface area contributed by atoms with Crippen LogP contribution in [0.3, 0.4) is 0 Å². The maximum absolute atomic E-state index is 13.1. The molecule has 0 amide bonds. The van der Waals surface area contributed by atoms with Crippen LogP contribution in [0.1, 0.15) is 25.8 Å². The van der Waals surface area contributed by atoms with Crippen LogP contribution < -0.4 is 4.72 Å². The van der Waals surface area contributed by atoms with Crippen molar-refractivity contribution in [2.75, 3.05) is 19.8 Å². The van der Waals surface area contributed by atoms with E-state index in [1.807, 2.05) is 19.9 Å². The summed E-state index contributed by atoms with van der Waals surface area (Å²) in [5, 5.41) is 0. The van der Waals surface area contributed by atoms with E-state index in [0.29, 0.717) is 32.6 Å². The summed E-state index contributed by atoms with van der Waals surface area (Å²) < 4.78 is 47.2. The normalized spacial score (nSPS) is 21.7. The van der Waals surface area contributed by atoms with Crippen molar-refractivity contribution in [1.29, 1.82) is 0 Å². The molecule has 124 valence electrons. The summed E-state index contributed by atoms with van der Waals surface area (Å²) in [6, 6.07) is 5.99. The molecule has 2 atom stereocenters. The van der Waals surface area contributed by atoms with Crippen LogP contribution in [0.25, 0.3) is 0 Å². The fraction of sp³-hybridized carbons (Fsp3) is 0.600. The molecule has 1 saturated heterocycles. The topological polar surface area (TPSA) is 58.6 Å². The zero-order chi connectivity index (χ0) is 16.2. The molecule has 7 heteroatoms. The van der Waals surface area contributed by atoms with Gasteiger partial charge in [0.05, 0.1) is 13.2 Å². The minimum Gasteiger partial charge on any atom is -0.378 e. The van der Waals surface area contributed by atoms with Gasteiger partial charge in [0.25, 0.3) is 10.2 Å². The number of morpholine rings is 1. The molecule has 5 nitrogen and oxygen atoms in total. The van der Waals surface area contributed by atoms with Gasteiger partial charge in [-0.3, -0.25) is 0 Å². The van der Waals surface area contributed by atoms with Gasteiger partial charge in [-0.15, -0.1) is 0 Å². The maximum Gasteiger partial charge on any atom is 0.280 e. The highest BCUT2D eigenvalue weighted by Crippen LogP contribution is 2.13. The van der Waals surface area contributed by atoms with E-state index in [0.717, 1.165) is 5.56 Å². The molecule has 0 radical (unpaired) electrons. The molecule has 1 aromatic rings. The molecule has 1 fully saturated rings. The fourth-order valence-electron chi connectivity index (χ4n) is 2.53. The fourth-order valence-corrected chi connectivity index (χ4v) is 4.14. The summed E-state index contributed by atoms with van der Waals surface area (Å²) in [6.45, 7) is 4.85. The number of ether oxygens (including phenoxy) is 1. The van der Waals surface area contributed by atoms with Crippen molar-refractivity contribution in [3.8, 4) is 0 Å². The van der Waals surface area contributed by atoms with Gasteiger partial charge in [0, 0.05) is 18.6 Å². The lowest BCUT2D eigenvalue weighted by Crippen LogP contribution is -2.53. The monoisotopic (exact) mass is 330 g/mol. The van der Waals surface area contributed by atoms with Crippen molar-refractivity contribution in [3.63, 3.8) is 0 Å². The molecule has 0 spiro atoms. The van der Waals surface area contributed by atoms with Crippen LogP contribution in [0.2, 0.25) is 0 Å². The van der Waals surface area contributed by atoms with Crippen LogP contribution in [0.4, 0.5) is 4.39 Å². The third kappa shape index (κ3) is 4.74. The number of rotatable bonds is 6. The highest BCUT2D eigenvalue weighted by molar-refractivity contribution is 7.87. The van der Waals surface area contributed by atoms with Gasteiger partial charge in [-0.1, -0.05) is 12.1 Å². The number of aryl methyl sites for hydroxylation is 1. The molecular weight excluding hydrogens is 307 g/mol. The molecule has 2 rings (SSSR count). The summed E-state index contributed by atoms with van der Waals surface area (Å²) in [4.78, 5) is 0. The van der Waals surface area contributed by atoms with E-state index in [2.05, 4.69) is 4.72 Å². The number of hydrogen-bond acceptors (Lipinski definition) is 3. The second-order valence-corrected chi connectivity index (χ2v) is 7.38. The summed E-state index contributed by atoms with van der Waals surface area (Å²) in [6.07, 6.45) is 1.24. The van der Waals surface area contributed by atoms with Gasteiger partial charge in [0.1, 0.15) is 5.82 Å². The van der Waals surface area contributed by atoms with E-state index in [1.54, 1.807) is 6.07 Å². The van der Waals surface area contributed by atoms with Gasteiger partial charge in [-0.2, -0.15) is 17.4 Å². The van der Waals surface area contributed by atoms with E-state index in [-0.39, 0.29) is 17.9 Å². The Balaban J connectivity index is 1.89. The van der Waals surface area contributed by atoms with Gasteiger partial charge in [0.15, 0.2) is 0 Å². The number of nitrogens with one attached hydrogen (secondary N) is 1. The van der Waals surface area contributed by atoms with E-state index < -0.39 is 10.2 Å². The van der Waals surface area contributed by atoms with Crippen molar-refractivity contribution in [1.82, 2.24) is 9.03 Å². The zero-order valence-electron chi connectivity index (χ0n) is 13.0. The first-order chi connectivity index (χ1) is 10.4. The third-order valence-corrected chi connectivity index (χ3v) is 5.58. The molecular formula is C15H23FN2O3S. The van der Waals surface area contributed by atoms with E-state index in [9.17, 15) is 12.8 Å². The highest BCUT2D eigenvalue weighted by Gasteiger charge is 2.30. The Kier molecular flexibility index (Phi) is 5.91. The van der Waals surface area contributed by atoms with Gasteiger partial charge in [-0.25, -0.2) is 4.39 Å². The van der Waals surface area contributed by atoms with Crippen LogP contribution in [0.15, 0.2) is 24.3 Å². The lowest BCUT2D eigenvalue weighted by molar-refractivity contribution is 0.0385. The summed E-state index contributed by atoms with van der Waals surface area (Å²) in [5.41, 5.74) is 0.866. The van der Waals surface area contributed by atoms with Gasteiger partial charge in [0.2, 0.25) is 0 Å². The van der Waals surface area contributed by atoms with Crippen LogP contribution in [0.5, 0.6) is 0 Å². The van der Waals surface area contributed by atoms with Crippen molar-refractivity contribution in [3.05, 3.63) is 35.6 Å². The molecule has 0 unspecified atom stereocenters. The molecule has 1 heterocycles. The SMILES string of the molecule is C[C@H](CCc1cccc(F)c1)NS(=O)(=O)N1CCOC[C@@H]1C. The molecule has 1 aromatic carbocycles. The number of benzene rings is 1. The van der Waals surface area contributed by atoms with Crippen LogP contribution in [-0.2, 0) is 21.4 Å². The molecule has 0 aliphatic carbocycles. The first-order valence-electron chi connectivity index (χ1n) is 7.50. The van der Waals surface area contributed by atoms with Crippen molar-refractivity contribution in [2.24, 2.45) is 0 Å². The molecule has 1 N–H and O–H groups in total. The smallest absolute Gasteiger partial charge is 0.280 e. The highest BCUT2D eigenvalue weighted by atomic mass is 32.2. The number of hydrogen-bond donors (Lipinski definition) is 1. The second-order valence-electron chi connectivity index (χ2n) is 5.73. The minimum absolute atomic E-state index is 0.165. The number of nitrogens with zero attached hydrogens (tertiary/aromatic N) is 1. The van der Waals surface area contributed by atoms with Crippen LogP contribution >= 0.6 is 0 Å². The average Bonchev–Trinajstić information content (AvgIpc) is 2.45. The Morgan fingerprint density at radius 1 is 1.50 bits per heavy atom. The lowest BCUT2D eigenvalue weighted by Gasteiger charge is -2.33.